The Morgan fingerprint density at radius 3 is 1.75 bits per heavy atom. The summed E-state index contributed by atoms with van der Waals surface area (Å²) in [5, 5.41) is 8.52. The first-order valence-corrected chi connectivity index (χ1v) is 5.89. The van der Waals surface area contributed by atoms with Crippen LogP contribution < -0.4 is 0 Å². The number of rotatable bonds is 4. The molecule has 0 amide bonds. The van der Waals surface area contributed by atoms with E-state index in [0.29, 0.717) is 12.8 Å². The summed E-state index contributed by atoms with van der Waals surface area (Å²) >= 11 is 0. The molecule has 0 aliphatic rings. The fourth-order valence-electron chi connectivity index (χ4n) is 0.948. The van der Waals surface area contributed by atoms with Gasteiger partial charge < -0.3 is 5.11 Å². The Kier molecular flexibility index (Phi) is 12.5. The van der Waals surface area contributed by atoms with Crippen molar-refractivity contribution in [1.82, 2.24) is 0 Å². The molecule has 0 heterocycles. The van der Waals surface area contributed by atoms with Crippen molar-refractivity contribution >= 4 is 0 Å². The maximum Gasteiger partial charge on any atom is 0.0702 e. The number of hydrogen-bond donors (Lipinski definition) is 1. The fraction of sp³-hybridized carbons (Fsp3) is 0.600. The molecule has 1 nitrogen and oxygen atoms in total. The molecule has 0 rings (SSSR count). The van der Waals surface area contributed by atoms with Crippen molar-refractivity contribution in [2.45, 2.75) is 51.9 Å². The largest absolute Gasteiger partial charge is 0.396 e. The highest BCUT2D eigenvalue weighted by atomic mass is 16.2. The minimum absolute atomic E-state index is 0.216. The second kappa shape index (κ2) is 13.6. The molecule has 1 N–H and O–H groups in total. The molecule has 0 fully saturated rings. The smallest absolute Gasteiger partial charge is 0.0702 e. The summed E-state index contributed by atoms with van der Waals surface area (Å²) in [5.74, 6) is 18.0. The number of aliphatic hydroxyl groups is 1. The molecule has 1 heteroatoms. The first-order chi connectivity index (χ1) is 7.91. The predicted molar refractivity (Wildman–Crippen MR) is 68.4 cm³/mol. The van der Waals surface area contributed by atoms with Crippen molar-refractivity contribution in [3.05, 3.63) is 0 Å². The van der Waals surface area contributed by atoms with E-state index >= 15 is 0 Å². The minimum atomic E-state index is 0.216. The molecule has 0 saturated carbocycles. The summed E-state index contributed by atoms with van der Waals surface area (Å²) in [4.78, 5) is 0. The van der Waals surface area contributed by atoms with Crippen LogP contribution >= 0.6 is 0 Å². The Morgan fingerprint density at radius 1 is 0.750 bits per heavy atom. The minimum Gasteiger partial charge on any atom is -0.396 e. The predicted octanol–water partition coefficient (Wildman–Crippen LogP) is 2.74. The van der Waals surface area contributed by atoms with Gasteiger partial charge in [0.25, 0.3) is 0 Å². The van der Waals surface area contributed by atoms with Gasteiger partial charge in [-0.25, -0.2) is 0 Å². The van der Waals surface area contributed by atoms with Crippen LogP contribution in [0.1, 0.15) is 51.9 Å². The number of hydrogen-bond acceptors (Lipinski definition) is 1. The summed E-state index contributed by atoms with van der Waals surface area (Å²) in [7, 11) is 0. The average molecular weight is 216 g/mol. The van der Waals surface area contributed by atoms with E-state index in [-0.39, 0.29) is 6.61 Å². The summed E-state index contributed by atoms with van der Waals surface area (Å²) in [6.45, 7) is 2.38. The van der Waals surface area contributed by atoms with Crippen LogP contribution in [0.2, 0.25) is 0 Å². The van der Waals surface area contributed by atoms with Gasteiger partial charge in [-0.2, -0.15) is 0 Å². The fourth-order valence-corrected chi connectivity index (χ4v) is 0.948. The molecule has 86 valence electrons. The number of unbranched alkanes of at least 4 members (excludes halogenated alkanes) is 3. The Bertz CT molecular complexity index is 290. The summed E-state index contributed by atoms with van der Waals surface area (Å²) < 4.78 is 0. The molecule has 0 radical (unpaired) electrons. The SMILES string of the molecule is CCCCC#CCC#CCC#CCCCO. The molecule has 0 unspecified atom stereocenters. The lowest BCUT2D eigenvalue weighted by atomic mass is 10.2. The van der Waals surface area contributed by atoms with Gasteiger partial charge >= 0.3 is 0 Å². The van der Waals surface area contributed by atoms with Crippen LogP contribution in [0.25, 0.3) is 0 Å². The van der Waals surface area contributed by atoms with Gasteiger partial charge in [0.1, 0.15) is 0 Å². The molecule has 0 spiro atoms. The van der Waals surface area contributed by atoms with Crippen molar-refractivity contribution in [2.75, 3.05) is 6.61 Å². The van der Waals surface area contributed by atoms with Crippen LogP contribution in [-0.2, 0) is 0 Å². The maximum absolute atomic E-state index is 8.52. The van der Waals surface area contributed by atoms with E-state index in [4.69, 9.17) is 5.11 Å². The van der Waals surface area contributed by atoms with Gasteiger partial charge in [-0.05, 0) is 12.8 Å². The Balaban J connectivity index is 3.45. The van der Waals surface area contributed by atoms with E-state index in [1.807, 2.05) is 0 Å². The van der Waals surface area contributed by atoms with Crippen LogP contribution in [0.3, 0.4) is 0 Å². The van der Waals surface area contributed by atoms with Crippen LogP contribution in [0.5, 0.6) is 0 Å². The molecule has 0 aromatic carbocycles. The van der Waals surface area contributed by atoms with Gasteiger partial charge in [0, 0.05) is 19.4 Å². The van der Waals surface area contributed by atoms with Crippen molar-refractivity contribution < 1.29 is 5.11 Å². The summed E-state index contributed by atoms with van der Waals surface area (Å²) in [5.41, 5.74) is 0. The molecule has 0 aromatic rings. The highest BCUT2D eigenvalue weighted by Gasteiger charge is 1.76. The molecule has 0 aromatic heterocycles. The zero-order valence-electron chi connectivity index (χ0n) is 10.1. The van der Waals surface area contributed by atoms with Gasteiger partial charge in [0.05, 0.1) is 12.8 Å². The zero-order valence-corrected chi connectivity index (χ0v) is 10.1. The molecule has 0 bridgehead atoms. The van der Waals surface area contributed by atoms with Crippen molar-refractivity contribution in [2.24, 2.45) is 0 Å². The second-order valence-electron chi connectivity index (χ2n) is 3.34. The van der Waals surface area contributed by atoms with E-state index in [2.05, 4.69) is 42.4 Å². The molecule has 0 aliphatic heterocycles. The number of aliphatic hydroxyl groups excluding tert-OH is 1. The molecular formula is C15H20O. The topological polar surface area (TPSA) is 20.2 Å². The third-order valence-electron chi connectivity index (χ3n) is 1.84. The van der Waals surface area contributed by atoms with Gasteiger partial charge in [-0.3, -0.25) is 0 Å². The molecule has 0 saturated heterocycles. The van der Waals surface area contributed by atoms with Gasteiger partial charge in [0.2, 0.25) is 0 Å². The van der Waals surface area contributed by atoms with Crippen LogP contribution in [-0.4, -0.2) is 11.7 Å². The summed E-state index contributed by atoms with van der Waals surface area (Å²) in [6, 6.07) is 0. The van der Waals surface area contributed by atoms with Crippen molar-refractivity contribution in [3.8, 4) is 35.5 Å². The third kappa shape index (κ3) is 12.6. The Hall–Kier alpha value is -1.36. The molecular weight excluding hydrogens is 196 g/mol. The highest BCUT2D eigenvalue weighted by Crippen LogP contribution is 1.90. The first kappa shape index (κ1) is 14.6. The highest BCUT2D eigenvalue weighted by molar-refractivity contribution is 5.16. The molecule has 0 aliphatic carbocycles. The second-order valence-corrected chi connectivity index (χ2v) is 3.34. The van der Waals surface area contributed by atoms with Gasteiger partial charge in [0.15, 0.2) is 0 Å². The molecule has 0 atom stereocenters. The Labute approximate surface area is 99.6 Å². The summed E-state index contributed by atoms with van der Waals surface area (Å²) in [6.07, 6.45) is 6.14. The zero-order chi connectivity index (χ0) is 11.9. The van der Waals surface area contributed by atoms with E-state index in [0.717, 1.165) is 19.3 Å². The molecule has 16 heavy (non-hydrogen) atoms. The van der Waals surface area contributed by atoms with Crippen LogP contribution in [0.15, 0.2) is 0 Å². The standard InChI is InChI=1S/C15H20O/c1-2-3-4-5-6-7-8-9-10-11-12-13-14-15-16/h16H,2-4,7,10,13-15H2,1H3. The lowest BCUT2D eigenvalue weighted by Gasteiger charge is -1.82. The average Bonchev–Trinajstić information content (AvgIpc) is 2.31. The quantitative estimate of drug-likeness (QED) is 0.566. The lowest BCUT2D eigenvalue weighted by molar-refractivity contribution is 0.290. The first-order valence-electron chi connectivity index (χ1n) is 5.89. The monoisotopic (exact) mass is 216 g/mol. The van der Waals surface area contributed by atoms with E-state index < -0.39 is 0 Å². The van der Waals surface area contributed by atoms with Crippen LogP contribution in [0.4, 0.5) is 0 Å². The van der Waals surface area contributed by atoms with Gasteiger partial charge in [-0.15, -0.1) is 11.8 Å². The van der Waals surface area contributed by atoms with Crippen LogP contribution in [0, 0.1) is 35.5 Å². The van der Waals surface area contributed by atoms with Gasteiger partial charge in [-0.1, -0.05) is 37.0 Å². The van der Waals surface area contributed by atoms with E-state index in [9.17, 15) is 0 Å². The maximum atomic E-state index is 8.52. The van der Waals surface area contributed by atoms with Crippen molar-refractivity contribution in [3.63, 3.8) is 0 Å². The normalized spacial score (nSPS) is 7.88. The van der Waals surface area contributed by atoms with Crippen molar-refractivity contribution in [1.29, 1.82) is 0 Å². The van der Waals surface area contributed by atoms with E-state index in [1.54, 1.807) is 0 Å². The Morgan fingerprint density at radius 2 is 1.25 bits per heavy atom. The third-order valence-corrected chi connectivity index (χ3v) is 1.84. The van der Waals surface area contributed by atoms with E-state index in [1.165, 1.54) is 12.8 Å². The lowest BCUT2D eigenvalue weighted by Crippen LogP contribution is -1.78.